The third-order valence-corrected chi connectivity index (χ3v) is 2.06. The number of hydrogen-bond acceptors (Lipinski definition) is 3. The molecule has 0 saturated carbocycles. The quantitative estimate of drug-likeness (QED) is 0.597. The molecule has 1 aliphatic heterocycles. The second kappa shape index (κ2) is 3.41. The standard InChI is InChI=1S/C8H16N2O2/c1-6(9)7(11)10-8(2)3-4-12-5-8/h6H,3-5,9H2,1-2H3,(H,10,11)/t6-,8?/m1/s1. The number of ether oxygens (including phenoxy) is 1. The fourth-order valence-corrected chi connectivity index (χ4v) is 1.18. The maximum Gasteiger partial charge on any atom is 0.237 e. The number of rotatable bonds is 2. The zero-order chi connectivity index (χ0) is 9.19. The third kappa shape index (κ3) is 2.19. The van der Waals surface area contributed by atoms with Gasteiger partial charge in [-0.25, -0.2) is 0 Å². The van der Waals surface area contributed by atoms with Gasteiger partial charge in [0.15, 0.2) is 0 Å². The summed E-state index contributed by atoms with van der Waals surface area (Å²) in [5.74, 6) is -0.108. The molecular weight excluding hydrogens is 156 g/mol. The molecule has 2 atom stereocenters. The molecule has 0 bridgehead atoms. The molecule has 1 amide bonds. The van der Waals surface area contributed by atoms with Crippen LogP contribution in [0.3, 0.4) is 0 Å². The van der Waals surface area contributed by atoms with E-state index >= 15 is 0 Å². The Morgan fingerprint density at radius 3 is 2.83 bits per heavy atom. The lowest BCUT2D eigenvalue weighted by Crippen LogP contribution is -2.51. The first-order valence-electron chi connectivity index (χ1n) is 4.19. The van der Waals surface area contributed by atoms with Crippen LogP contribution in [0.5, 0.6) is 0 Å². The van der Waals surface area contributed by atoms with E-state index in [1.54, 1.807) is 6.92 Å². The van der Waals surface area contributed by atoms with Crippen molar-refractivity contribution in [3.63, 3.8) is 0 Å². The Hall–Kier alpha value is -0.610. The van der Waals surface area contributed by atoms with E-state index in [2.05, 4.69) is 5.32 Å². The van der Waals surface area contributed by atoms with Crippen LogP contribution < -0.4 is 11.1 Å². The fraction of sp³-hybridized carbons (Fsp3) is 0.875. The Balaban J connectivity index is 2.44. The van der Waals surface area contributed by atoms with Crippen molar-refractivity contribution in [1.29, 1.82) is 0 Å². The van der Waals surface area contributed by atoms with Gasteiger partial charge in [-0.3, -0.25) is 4.79 Å². The molecule has 4 heteroatoms. The average Bonchev–Trinajstić information content (AvgIpc) is 2.35. The van der Waals surface area contributed by atoms with Gasteiger partial charge in [0.1, 0.15) is 0 Å². The molecule has 0 aliphatic carbocycles. The number of carbonyl (C=O) groups is 1. The molecule has 0 spiro atoms. The van der Waals surface area contributed by atoms with Crippen LogP contribution in [0.15, 0.2) is 0 Å². The summed E-state index contributed by atoms with van der Waals surface area (Å²) in [4.78, 5) is 11.2. The molecule has 1 aliphatic rings. The minimum Gasteiger partial charge on any atom is -0.379 e. The molecule has 0 aromatic heterocycles. The van der Waals surface area contributed by atoms with Crippen molar-refractivity contribution in [2.24, 2.45) is 5.73 Å². The first-order valence-corrected chi connectivity index (χ1v) is 4.19. The van der Waals surface area contributed by atoms with Crippen LogP contribution in [0, 0.1) is 0 Å². The predicted molar refractivity (Wildman–Crippen MR) is 45.6 cm³/mol. The van der Waals surface area contributed by atoms with Crippen LogP contribution in [0.1, 0.15) is 20.3 Å². The van der Waals surface area contributed by atoms with E-state index in [9.17, 15) is 4.79 Å². The van der Waals surface area contributed by atoms with Crippen molar-refractivity contribution in [1.82, 2.24) is 5.32 Å². The summed E-state index contributed by atoms with van der Waals surface area (Å²) < 4.78 is 5.19. The van der Waals surface area contributed by atoms with E-state index in [-0.39, 0.29) is 11.4 Å². The molecule has 1 fully saturated rings. The van der Waals surface area contributed by atoms with Crippen molar-refractivity contribution >= 4 is 5.91 Å². The van der Waals surface area contributed by atoms with Crippen LogP contribution in [0.2, 0.25) is 0 Å². The summed E-state index contributed by atoms with van der Waals surface area (Å²) in [6.07, 6.45) is 0.867. The van der Waals surface area contributed by atoms with E-state index in [4.69, 9.17) is 10.5 Å². The van der Waals surface area contributed by atoms with E-state index in [1.807, 2.05) is 6.92 Å². The molecule has 3 N–H and O–H groups in total. The highest BCUT2D eigenvalue weighted by atomic mass is 16.5. The third-order valence-electron chi connectivity index (χ3n) is 2.06. The van der Waals surface area contributed by atoms with E-state index < -0.39 is 6.04 Å². The summed E-state index contributed by atoms with van der Waals surface area (Å²) in [5.41, 5.74) is 5.22. The molecule has 1 rings (SSSR count). The predicted octanol–water partition coefficient (Wildman–Crippen LogP) is -0.371. The topological polar surface area (TPSA) is 64.4 Å². The van der Waals surface area contributed by atoms with Crippen LogP contribution in [0.4, 0.5) is 0 Å². The Bertz CT molecular complexity index is 174. The Kier molecular flexibility index (Phi) is 2.69. The Morgan fingerprint density at radius 1 is 1.75 bits per heavy atom. The van der Waals surface area contributed by atoms with Gasteiger partial charge in [0.2, 0.25) is 5.91 Å². The van der Waals surface area contributed by atoms with Crippen LogP contribution >= 0.6 is 0 Å². The van der Waals surface area contributed by atoms with Gasteiger partial charge in [0, 0.05) is 6.61 Å². The van der Waals surface area contributed by atoms with Crippen molar-refractivity contribution in [3.05, 3.63) is 0 Å². The average molecular weight is 172 g/mol. The van der Waals surface area contributed by atoms with Crippen molar-refractivity contribution in [2.45, 2.75) is 31.8 Å². The molecular formula is C8H16N2O2. The molecule has 1 heterocycles. The first-order chi connectivity index (χ1) is 5.53. The SMILES string of the molecule is C[C@@H](N)C(=O)NC1(C)CCOC1. The maximum atomic E-state index is 11.2. The minimum absolute atomic E-state index is 0.108. The Labute approximate surface area is 72.5 Å². The van der Waals surface area contributed by atoms with Gasteiger partial charge in [-0.1, -0.05) is 0 Å². The summed E-state index contributed by atoms with van der Waals surface area (Å²) in [6, 6.07) is -0.442. The molecule has 1 unspecified atom stereocenters. The second-order valence-electron chi connectivity index (χ2n) is 3.64. The number of carbonyl (C=O) groups excluding carboxylic acids is 1. The molecule has 4 nitrogen and oxygen atoms in total. The van der Waals surface area contributed by atoms with Crippen LogP contribution in [-0.2, 0) is 9.53 Å². The summed E-state index contributed by atoms with van der Waals surface area (Å²) >= 11 is 0. The highest BCUT2D eigenvalue weighted by molar-refractivity contribution is 5.81. The summed E-state index contributed by atoms with van der Waals surface area (Å²) in [5, 5.41) is 2.87. The molecule has 70 valence electrons. The zero-order valence-electron chi connectivity index (χ0n) is 7.59. The second-order valence-corrected chi connectivity index (χ2v) is 3.64. The van der Waals surface area contributed by atoms with E-state index in [0.29, 0.717) is 6.61 Å². The van der Waals surface area contributed by atoms with Gasteiger partial charge < -0.3 is 15.8 Å². The smallest absolute Gasteiger partial charge is 0.237 e. The van der Waals surface area contributed by atoms with Crippen molar-refractivity contribution in [2.75, 3.05) is 13.2 Å². The van der Waals surface area contributed by atoms with Gasteiger partial charge in [0.05, 0.1) is 18.2 Å². The van der Waals surface area contributed by atoms with E-state index in [1.165, 1.54) is 0 Å². The number of hydrogen-bond donors (Lipinski definition) is 2. The minimum atomic E-state index is -0.442. The number of amides is 1. The van der Waals surface area contributed by atoms with Gasteiger partial charge in [-0.05, 0) is 20.3 Å². The van der Waals surface area contributed by atoms with Gasteiger partial charge >= 0.3 is 0 Å². The van der Waals surface area contributed by atoms with Crippen LogP contribution in [0.25, 0.3) is 0 Å². The lowest BCUT2D eigenvalue weighted by atomic mass is 10.0. The van der Waals surface area contributed by atoms with Gasteiger partial charge in [0.25, 0.3) is 0 Å². The first kappa shape index (κ1) is 9.48. The molecule has 1 saturated heterocycles. The monoisotopic (exact) mass is 172 g/mol. The lowest BCUT2D eigenvalue weighted by molar-refractivity contribution is -0.123. The summed E-state index contributed by atoms with van der Waals surface area (Å²) in [6.45, 7) is 4.95. The van der Waals surface area contributed by atoms with Crippen molar-refractivity contribution in [3.8, 4) is 0 Å². The largest absolute Gasteiger partial charge is 0.379 e. The molecule has 0 aromatic rings. The molecule has 0 radical (unpaired) electrons. The fourth-order valence-electron chi connectivity index (χ4n) is 1.18. The molecule has 0 aromatic carbocycles. The van der Waals surface area contributed by atoms with Gasteiger partial charge in [-0.15, -0.1) is 0 Å². The summed E-state index contributed by atoms with van der Waals surface area (Å²) in [7, 11) is 0. The lowest BCUT2D eigenvalue weighted by Gasteiger charge is -2.24. The zero-order valence-corrected chi connectivity index (χ0v) is 7.59. The maximum absolute atomic E-state index is 11.2. The number of nitrogens with two attached hydrogens (primary N) is 1. The highest BCUT2D eigenvalue weighted by Gasteiger charge is 2.31. The van der Waals surface area contributed by atoms with E-state index in [0.717, 1.165) is 13.0 Å². The Morgan fingerprint density at radius 2 is 2.42 bits per heavy atom. The normalized spacial score (nSPS) is 31.6. The van der Waals surface area contributed by atoms with Crippen LogP contribution in [-0.4, -0.2) is 30.7 Å². The van der Waals surface area contributed by atoms with Crippen molar-refractivity contribution < 1.29 is 9.53 Å². The molecule has 12 heavy (non-hydrogen) atoms. The van der Waals surface area contributed by atoms with Gasteiger partial charge in [-0.2, -0.15) is 0 Å². The highest BCUT2D eigenvalue weighted by Crippen LogP contribution is 2.17. The number of nitrogens with one attached hydrogen (secondary N) is 1.